The number of rotatable bonds is 19. The van der Waals surface area contributed by atoms with Crippen molar-refractivity contribution in [2.24, 2.45) is 17.6 Å². The highest BCUT2D eigenvalue weighted by Gasteiger charge is 2.40. The van der Waals surface area contributed by atoms with Crippen LogP contribution >= 0.6 is 0 Å². The quantitative estimate of drug-likeness (QED) is 0.103. The highest BCUT2D eigenvalue weighted by atomic mass is 16.6. The number of aromatic hydroxyl groups is 1. The highest BCUT2D eigenvalue weighted by Crippen LogP contribution is 2.22. The van der Waals surface area contributed by atoms with E-state index >= 15 is 0 Å². The first-order valence-electron chi connectivity index (χ1n) is 18.3. The van der Waals surface area contributed by atoms with Crippen molar-refractivity contribution in [1.82, 2.24) is 26.2 Å². The molecule has 0 spiro atoms. The van der Waals surface area contributed by atoms with Gasteiger partial charge in [-0.15, -0.1) is 0 Å². The van der Waals surface area contributed by atoms with Gasteiger partial charge in [-0.2, -0.15) is 0 Å². The van der Waals surface area contributed by atoms with Gasteiger partial charge in [0.2, 0.25) is 23.6 Å². The molecule has 2 rings (SSSR count). The van der Waals surface area contributed by atoms with Crippen LogP contribution in [0.1, 0.15) is 99.0 Å². The van der Waals surface area contributed by atoms with Crippen molar-refractivity contribution in [3.63, 3.8) is 0 Å². The predicted octanol–water partition coefficient (Wildman–Crippen LogP) is 2.58. The summed E-state index contributed by atoms with van der Waals surface area (Å²) in [4.78, 5) is 81.2. The average Bonchev–Trinajstić information content (AvgIpc) is 3.55. The van der Waals surface area contributed by atoms with Crippen LogP contribution < -0.4 is 27.0 Å². The van der Waals surface area contributed by atoms with E-state index in [1.807, 2.05) is 20.8 Å². The Morgan fingerprint density at radius 3 is 2.13 bits per heavy atom. The molecule has 15 heteroatoms. The highest BCUT2D eigenvalue weighted by molar-refractivity contribution is 5.96. The fraction of sp³-hybridized carbons (Fsp3) is 0.676. The van der Waals surface area contributed by atoms with Gasteiger partial charge in [-0.05, 0) is 95.4 Å². The van der Waals surface area contributed by atoms with Gasteiger partial charge in [-0.1, -0.05) is 46.2 Å². The molecule has 1 aliphatic rings. The van der Waals surface area contributed by atoms with Crippen molar-refractivity contribution in [3.8, 4) is 5.75 Å². The molecule has 1 aliphatic heterocycles. The molecule has 1 heterocycles. The number of unbranched alkanes of at least 4 members (excludes halogenated alkanes) is 1. The third-order valence-corrected chi connectivity index (χ3v) is 8.90. The van der Waals surface area contributed by atoms with Crippen molar-refractivity contribution < 1.29 is 43.7 Å². The molecule has 15 nitrogen and oxygen atoms in total. The van der Waals surface area contributed by atoms with E-state index in [4.69, 9.17) is 10.5 Å². The molecule has 1 aromatic rings. The number of nitrogens with two attached hydrogens (primary N) is 1. The zero-order valence-electron chi connectivity index (χ0n) is 31.7. The van der Waals surface area contributed by atoms with E-state index in [1.54, 1.807) is 39.8 Å². The monoisotopic (exact) mass is 732 g/mol. The number of alkyl carbamates (subject to hydrolysis) is 1. The Morgan fingerprint density at radius 1 is 0.923 bits per heavy atom. The maximum atomic E-state index is 14.0. The largest absolute Gasteiger partial charge is 0.508 e. The number of aliphatic carboxylic acids is 1. The molecule has 0 aromatic heterocycles. The summed E-state index contributed by atoms with van der Waals surface area (Å²) in [5.41, 5.74) is 5.47. The third-order valence-electron chi connectivity index (χ3n) is 8.90. The SMILES string of the molecule is CCC(C)C(NC(=O)C(Cc1ccc(O)cc1)NC(=O)C1CCCN1C(=O)C(CCCCN)NC(=O)OC(C)(C)C)C(=O)NC(CC(C)C)C(=O)O. The van der Waals surface area contributed by atoms with Gasteiger partial charge in [0.05, 0.1) is 0 Å². The maximum absolute atomic E-state index is 14.0. The zero-order valence-corrected chi connectivity index (χ0v) is 31.7. The number of nitrogens with zero attached hydrogens (tertiary/aromatic N) is 1. The second-order valence-electron chi connectivity index (χ2n) is 15.0. The minimum absolute atomic E-state index is 0.0118. The maximum Gasteiger partial charge on any atom is 0.408 e. The van der Waals surface area contributed by atoms with Gasteiger partial charge in [0.1, 0.15) is 41.6 Å². The van der Waals surface area contributed by atoms with Gasteiger partial charge < -0.3 is 46.9 Å². The molecule has 6 unspecified atom stereocenters. The van der Waals surface area contributed by atoms with Crippen LogP contribution in [0.3, 0.4) is 0 Å². The molecule has 5 amide bonds. The van der Waals surface area contributed by atoms with Gasteiger partial charge in [-0.25, -0.2) is 9.59 Å². The van der Waals surface area contributed by atoms with Gasteiger partial charge in [0.15, 0.2) is 0 Å². The molecular formula is C37H60N6O9. The van der Waals surface area contributed by atoms with Crippen LogP contribution in [0, 0.1) is 11.8 Å². The van der Waals surface area contributed by atoms with Crippen molar-refractivity contribution >= 4 is 35.7 Å². The van der Waals surface area contributed by atoms with Gasteiger partial charge in [0, 0.05) is 13.0 Å². The van der Waals surface area contributed by atoms with E-state index in [-0.39, 0.29) is 43.4 Å². The Labute approximate surface area is 307 Å². The molecule has 52 heavy (non-hydrogen) atoms. The van der Waals surface area contributed by atoms with Crippen molar-refractivity contribution in [2.45, 2.75) is 136 Å². The van der Waals surface area contributed by atoms with E-state index in [0.29, 0.717) is 44.2 Å². The molecular weight excluding hydrogens is 672 g/mol. The van der Waals surface area contributed by atoms with E-state index < -0.39 is 71.5 Å². The number of nitrogens with one attached hydrogen (secondary N) is 4. The Bertz CT molecular complexity index is 1360. The summed E-state index contributed by atoms with van der Waals surface area (Å²) in [5.74, 6) is -3.96. The van der Waals surface area contributed by atoms with Crippen molar-refractivity contribution in [2.75, 3.05) is 13.1 Å². The summed E-state index contributed by atoms with van der Waals surface area (Å²) in [6.45, 7) is 13.1. The molecule has 0 radical (unpaired) electrons. The summed E-state index contributed by atoms with van der Waals surface area (Å²) in [6, 6.07) is 0.714. The lowest BCUT2D eigenvalue weighted by Crippen LogP contribution is -2.60. The number of phenols is 1. The number of phenolic OH excluding ortho intramolecular Hbond substituents is 1. The first kappa shape index (κ1) is 43.8. The van der Waals surface area contributed by atoms with Crippen LogP contribution in [-0.2, 0) is 35.1 Å². The number of ether oxygens (including phenoxy) is 1. The molecule has 1 fully saturated rings. The molecule has 1 saturated heterocycles. The van der Waals surface area contributed by atoms with E-state index in [1.165, 1.54) is 17.0 Å². The first-order valence-corrected chi connectivity index (χ1v) is 18.3. The van der Waals surface area contributed by atoms with Crippen LogP contribution in [0.2, 0.25) is 0 Å². The normalized spacial score (nSPS) is 17.3. The Hall–Kier alpha value is -4.40. The number of hydrogen-bond donors (Lipinski definition) is 7. The molecule has 0 bridgehead atoms. The number of carboxylic acid groups (broad SMARTS) is 1. The van der Waals surface area contributed by atoms with Crippen LogP contribution in [0.4, 0.5) is 4.79 Å². The minimum atomic E-state index is -1.21. The Morgan fingerprint density at radius 2 is 1.58 bits per heavy atom. The van der Waals surface area contributed by atoms with Crippen LogP contribution in [-0.4, -0.2) is 99.7 Å². The number of benzene rings is 1. The fourth-order valence-electron chi connectivity index (χ4n) is 5.96. The molecule has 6 atom stereocenters. The van der Waals surface area contributed by atoms with Gasteiger partial charge >= 0.3 is 12.1 Å². The standard InChI is InChI=1S/C37H60N6O9/c1-8-23(4)30(33(47)40-28(35(49)50)20-22(2)3)42-31(45)27(21-24-14-16-25(44)17-15-24)39-32(46)29-13-11-19-43(29)34(48)26(12-9-10-18-38)41-36(51)52-37(5,6)7/h14-17,22-23,26-30,44H,8-13,18-21,38H2,1-7H3,(H,39,46)(H,40,47)(H,41,51)(H,42,45)(H,49,50). The topological polar surface area (TPSA) is 229 Å². The lowest BCUT2D eigenvalue weighted by atomic mass is 9.96. The van der Waals surface area contributed by atoms with E-state index in [0.717, 1.165) is 0 Å². The Balaban J connectivity index is 2.35. The summed E-state index contributed by atoms with van der Waals surface area (Å²) >= 11 is 0. The van der Waals surface area contributed by atoms with Crippen LogP contribution in [0.15, 0.2) is 24.3 Å². The van der Waals surface area contributed by atoms with Gasteiger partial charge in [0.25, 0.3) is 0 Å². The lowest BCUT2D eigenvalue weighted by Gasteiger charge is -2.31. The van der Waals surface area contributed by atoms with E-state index in [9.17, 15) is 39.0 Å². The van der Waals surface area contributed by atoms with Crippen LogP contribution in [0.25, 0.3) is 0 Å². The minimum Gasteiger partial charge on any atom is -0.508 e. The van der Waals surface area contributed by atoms with Crippen molar-refractivity contribution in [3.05, 3.63) is 29.8 Å². The van der Waals surface area contributed by atoms with E-state index in [2.05, 4.69) is 21.3 Å². The number of carbonyl (C=O) groups excluding carboxylic acids is 5. The zero-order chi connectivity index (χ0) is 39.2. The van der Waals surface area contributed by atoms with Crippen molar-refractivity contribution in [1.29, 1.82) is 0 Å². The molecule has 292 valence electrons. The fourth-order valence-corrected chi connectivity index (χ4v) is 5.96. The number of hydrogen-bond acceptors (Lipinski definition) is 9. The summed E-state index contributed by atoms with van der Waals surface area (Å²) in [6.07, 6.45) is 2.20. The predicted molar refractivity (Wildman–Crippen MR) is 195 cm³/mol. The number of carbonyl (C=O) groups is 6. The lowest BCUT2D eigenvalue weighted by molar-refractivity contribution is -0.143. The summed E-state index contributed by atoms with van der Waals surface area (Å²) < 4.78 is 5.38. The summed E-state index contributed by atoms with van der Waals surface area (Å²) in [7, 11) is 0. The number of carboxylic acids is 1. The molecule has 0 aliphatic carbocycles. The van der Waals surface area contributed by atoms with Gasteiger partial charge in [-0.3, -0.25) is 19.2 Å². The summed E-state index contributed by atoms with van der Waals surface area (Å²) in [5, 5.41) is 30.3. The molecule has 8 N–H and O–H groups in total. The number of likely N-dealkylation sites (tertiary alicyclic amines) is 1. The molecule has 0 saturated carbocycles. The smallest absolute Gasteiger partial charge is 0.408 e. The second-order valence-corrected chi connectivity index (χ2v) is 15.0. The van der Waals surface area contributed by atoms with Crippen LogP contribution in [0.5, 0.6) is 5.75 Å². The Kier molecular flexibility index (Phi) is 17.3. The third kappa shape index (κ3) is 14.3. The number of amides is 5. The molecule has 1 aromatic carbocycles. The first-order chi connectivity index (χ1) is 24.4. The average molecular weight is 733 g/mol. The second kappa shape index (κ2) is 20.6.